The van der Waals surface area contributed by atoms with Crippen LogP contribution in [0, 0.1) is 0 Å². The van der Waals surface area contributed by atoms with Crippen LogP contribution in [-0.2, 0) is 6.42 Å². The van der Waals surface area contributed by atoms with E-state index in [9.17, 15) is 0 Å². The Hall–Kier alpha value is -1.32. The van der Waals surface area contributed by atoms with E-state index in [0.29, 0.717) is 0 Å². The monoisotopic (exact) mass is 729 g/mol. The van der Waals surface area contributed by atoms with Gasteiger partial charge in [0.1, 0.15) is 11.5 Å². The third-order valence-corrected chi connectivity index (χ3v) is 10.7. The van der Waals surface area contributed by atoms with E-state index in [1.807, 2.05) is 0 Å². The molecule has 0 saturated heterocycles. The molecule has 0 amide bonds. The van der Waals surface area contributed by atoms with Crippen molar-refractivity contribution in [3.8, 4) is 5.75 Å². The number of para-hydroxylation sites is 1. The smallest absolute Gasteiger partial charge is 0.130 e. The van der Waals surface area contributed by atoms with Gasteiger partial charge in [-0.3, -0.25) is 0 Å². The number of allylic oxidation sites excluding steroid dienone is 2. The summed E-state index contributed by atoms with van der Waals surface area (Å²) >= 11 is 0. The van der Waals surface area contributed by atoms with Crippen molar-refractivity contribution >= 4 is 0 Å². The second kappa shape index (κ2) is 42.4. The molecule has 0 unspecified atom stereocenters. The van der Waals surface area contributed by atoms with Crippen LogP contribution >= 0.6 is 0 Å². The quantitative estimate of drug-likeness (QED) is 0.0526. The predicted octanol–water partition coefficient (Wildman–Crippen LogP) is 16.2. The van der Waals surface area contributed by atoms with Crippen LogP contribution in [0.4, 0.5) is 0 Å². The minimum atomic E-state index is -0.125. The number of hydrogen-bond donors (Lipinski definition) is 2. The van der Waals surface area contributed by atoms with Crippen molar-refractivity contribution < 1.29 is 14.9 Å². The maximum absolute atomic E-state index is 7.62. The molecule has 0 heterocycles. The molecule has 1 aromatic rings. The number of benzene rings is 1. The van der Waals surface area contributed by atoms with E-state index in [1.165, 1.54) is 223 Å². The summed E-state index contributed by atoms with van der Waals surface area (Å²) in [4.78, 5) is 0. The first kappa shape index (κ1) is 50.7. The zero-order valence-corrected chi connectivity index (χ0v) is 35.8. The number of unbranched alkanes of at least 4 members (excludes halogenated alkanes) is 27. The topological polar surface area (TPSA) is 49.7 Å². The Bertz CT molecular complexity index is 838. The summed E-state index contributed by atoms with van der Waals surface area (Å²) in [6, 6.07) is 9.05. The maximum Gasteiger partial charge on any atom is 0.130 e. The van der Waals surface area contributed by atoms with Gasteiger partial charge in [0, 0.05) is 6.42 Å². The van der Waals surface area contributed by atoms with Gasteiger partial charge in [0.05, 0.1) is 13.2 Å². The molecule has 52 heavy (non-hydrogen) atoms. The molecule has 1 rings (SSSR count). The van der Waals surface area contributed by atoms with E-state index in [2.05, 4.69) is 52.0 Å². The zero-order valence-electron chi connectivity index (χ0n) is 35.8. The second-order valence-corrected chi connectivity index (χ2v) is 15.7. The minimum Gasteiger partial charge on any atom is -0.462 e. The number of ether oxygens (including phenoxy) is 1. The Morgan fingerprint density at radius 1 is 0.404 bits per heavy atom. The molecule has 0 bridgehead atoms. The fourth-order valence-corrected chi connectivity index (χ4v) is 7.28. The molecule has 2 N–H and O–H groups in total. The highest BCUT2D eigenvalue weighted by Gasteiger charge is 2.13. The van der Waals surface area contributed by atoms with Gasteiger partial charge in [0.15, 0.2) is 0 Å². The second-order valence-electron chi connectivity index (χ2n) is 15.7. The summed E-state index contributed by atoms with van der Waals surface area (Å²) < 4.78 is 7.10. The molecule has 0 aromatic heterocycles. The van der Waals surface area contributed by atoms with Crippen molar-refractivity contribution in [2.24, 2.45) is 0 Å². The van der Waals surface area contributed by atoms with Crippen molar-refractivity contribution in [2.45, 2.75) is 252 Å². The van der Waals surface area contributed by atoms with Gasteiger partial charge in [-0.15, -0.1) is 0 Å². The van der Waals surface area contributed by atoms with E-state index in [1.54, 1.807) is 5.57 Å². The lowest BCUT2D eigenvalue weighted by Crippen LogP contribution is -2.05. The van der Waals surface area contributed by atoms with Crippen molar-refractivity contribution in [2.75, 3.05) is 13.2 Å². The van der Waals surface area contributed by atoms with Gasteiger partial charge in [-0.1, -0.05) is 219 Å². The molecule has 0 atom stereocenters. The van der Waals surface area contributed by atoms with Gasteiger partial charge in [0.25, 0.3) is 0 Å². The normalized spacial score (nSPS) is 11.0. The van der Waals surface area contributed by atoms with Crippen LogP contribution in [0.3, 0.4) is 0 Å². The third-order valence-electron chi connectivity index (χ3n) is 10.7. The number of rotatable bonds is 38. The average molecular weight is 729 g/mol. The Kier molecular flexibility index (Phi) is 41.3. The first-order valence-corrected chi connectivity index (χ1v) is 23.4. The van der Waals surface area contributed by atoms with Crippen LogP contribution in [0.25, 0.3) is 0 Å². The van der Waals surface area contributed by atoms with Gasteiger partial charge in [0.2, 0.25) is 0 Å². The molecular weight excluding hydrogens is 637 g/mol. The average Bonchev–Trinajstić information content (AvgIpc) is 3.17. The van der Waals surface area contributed by atoms with Crippen molar-refractivity contribution in [1.29, 1.82) is 0 Å². The number of aryl methyl sites for hydroxylation is 1. The summed E-state index contributed by atoms with van der Waals surface area (Å²) in [5.74, 6) is 2.52. The maximum atomic E-state index is 7.62. The SMILES string of the molecule is CCCCCCCCCCC(CCCCCCCCCC)=C(CCCCCCCCCC)Oc1ccccc1CCCCCCCCC.OCCO. The lowest BCUT2D eigenvalue weighted by Gasteiger charge is -2.19. The van der Waals surface area contributed by atoms with Gasteiger partial charge < -0.3 is 14.9 Å². The fourth-order valence-electron chi connectivity index (χ4n) is 7.28. The predicted molar refractivity (Wildman–Crippen MR) is 232 cm³/mol. The summed E-state index contributed by atoms with van der Waals surface area (Å²) in [6.45, 7) is 9.02. The molecule has 3 heteroatoms. The highest BCUT2D eigenvalue weighted by atomic mass is 16.5. The highest BCUT2D eigenvalue weighted by Crippen LogP contribution is 2.30. The van der Waals surface area contributed by atoms with E-state index in [-0.39, 0.29) is 13.2 Å². The van der Waals surface area contributed by atoms with E-state index < -0.39 is 0 Å². The molecule has 0 aliphatic heterocycles. The van der Waals surface area contributed by atoms with Crippen molar-refractivity contribution in [3.05, 3.63) is 41.2 Å². The van der Waals surface area contributed by atoms with E-state index >= 15 is 0 Å². The molecule has 0 spiro atoms. The molecule has 306 valence electrons. The van der Waals surface area contributed by atoms with Gasteiger partial charge in [-0.05, 0) is 62.1 Å². The molecule has 0 aliphatic rings. The van der Waals surface area contributed by atoms with Gasteiger partial charge in [-0.25, -0.2) is 0 Å². The first-order chi connectivity index (χ1) is 25.7. The zero-order chi connectivity index (χ0) is 38.0. The number of aliphatic hydroxyl groups excluding tert-OH is 2. The third kappa shape index (κ3) is 33.3. The minimum absolute atomic E-state index is 0.125. The number of aliphatic hydroxyl groups is 2. The largest absolute Gasteiger partial charge is 0.462 e. The summed E-state index contributed by atoms with van der Waals surface area (Å²) in [5, 5.41) is 15.2. The standard InChI is InChI=1S/C47H86O.C2H6O2/c1-5-9-13-17-21-25-29-33-38-44(39-34-30-26-22-18-14-10-6-2)46(42-35-31-27-23-19-15-11-7-3)48-47-43-37-36-41-45(47)40-32-28-24-20-16-12-8-4;3-1-2-4/h36-37,41,43H,5-35,38-40,42H2,1-4H3;3-4H,1-2H2. The van der Waals surface area contributed by atoms with Crippen LogP contribution in [0.5, 0.6) is 5.75 Å². The van der Waals surface area contributed by atoms with E-state index in [0.717, 1.165) is 18.6 Å². The molecule has 0 radical (unpaired) electrons. The van der Waals surface area contributed by atoms with Crippen LogP contribution in [-0.4, -0.2) is 23.4 Å². The fraction of sp³-hybridized carbons (Fsp3) is 0.837. The Labute approximate surface area is 326 Å². The Balaban J connectivity index is 0.00000615. The molecule has 0 saturated carbocycles. The van der Waals surface area contributed by atoms with Crippen LogP contribution in [0.15, 0.2) is 35.6 Å². The summed E-state index contributed by atoms with van der Waals surface area (Å²) in [7, 11) is 0. The Morgan fingerprint density at radius 2 is 0.731 bits per heavy atom. The van der Waals surface area contributed by atoms with Crippen molar-refractivity contribution in [1.82, 2.24) is 0 Å². The van der Waals surface area contributed by atoms with Gasteiger partial charge in [-0.2, -0.15) is 0 Å². The molecule has 0 aliphatic carbocycles. The number of hydrogen-bond acceptors (Lipinski definition) is 3. The summed E-state index contributed by atoms with van der Waals surface area (Å²) in [6.07, 6.45) is 47.6. The van der Waals surface area contributed by atoms with Crippen LogP contribution in [0.2, 0.25) is 0 Å². The molecule has 0 fully saturated rings. The van der Waals surface area contributed by atoms with E-state index in [4.69, 9.17) is 14.9 Å². The Morgan fingerprint density at radius 3 is 1.12 bits per heavy atom. The molecule has 1 aromatic carbocycles. The lowest BCUT2D eigenvalue weighted by molar-refractivity contribution is 0.186. The molecular formula is C49H92O3. The van der Waals surface area contributed by atoms with Crippen LogP contribution < -0.4 is 4.74 Å². The first-order valence-electron chi connectivity index (χ1n) is 23.4. The summed E-state index contributed by atoms with van der Waals surface area (Å²) in [5.41, 5.74) is 3.10. The highest BCUT2D eigenvalue weighted by molar-refractivity contribution is 5.35. The van der Waals surface area contributed by atoms with Crippen molar-refractivity contribution in [3.63, 3.8) is 0 Å². The van der Waals surface area contributed by atoms with Gasteiger partial charge >= 0.3 is 0 Å². The lowest BCUT2D eigenvalue weighted by atomic mass is 9.96. The van der Waals surface area contributed by atoms with Crippen LogP contribution in [0.1, 0.15) is 252 Å². The molecule has 3 nitrogen and oxygen atoms in total.